The van der Waals surface area contributed by atoms with E-state index in [0.717, 1.165) is 12.0 Å². The van der Waals surface area contributed by atoms with E-state index >= 15 is 0 Å². The van der Waals surface area contributed by atoms with Crippen LogP contribution in [0, 0.1) is 5.92 Å². The lowest BCUT2D eigenvalue weighted by Gasteiger charge is -2.34. The lowest BCUT2D eigenvalue weighted by atomic mass is 9.97. The number of benzene rings is 1. The third-order valence-electron chi connectivity index (χ3n) is 6.43. The molecule has 36 heavy (non-hydrogen) atoms. The molecule has 1 aromatic carbocycles. The number of ether oxygens (including phenoxy) is 3. The third-order valence-corrected chi connectivity index (χ3v) is 6.43. The first-order valence-electron chi connectivity index (χ1n) is 12.7. The van der Waals surface area contributed by atoms with Gasteiger partial charge in [0.1, 0.15) is 13.2 Å². The minimum atomic E-state index is -0.342. The Kier molecular flexibility index (Phi) is 11.0. The molecule has 2 heterocycles. The molecule has 2 saturated heterocycles. The van der Waals surface area contributed by atoms with E-state index in [9.17, 15) is 19.2 Å². The molecular weight excluding hydrogens is 466 g/mol. The van der Waals surface area contributed by atoms with Crippen molar-refractivity contribution >= 4 is 23.9 Å². The van der Waals surface area contributed by atoms with Gasteiger partial charge in [-0.1, -0.05) is 30.3 Å². The smallest absolute Gasteiger partial charge is 0.410 e. The Morgan fingerprint density at radius 2 is 1.72 bits per heavy atom. The Morgan fingerprint density at radius 3 is 2.44 bits per heavy atom. The summed E-state index contributed by atoms with van der Waals surface area (Å²) in [6.45, 7) is 4.46. The number of nitrogens with zero attached hydrogens (tertiary/aromatic N) is 2. The van der Waals surface area contributed by atoms with E-state index < -0.39 is 0 Å². The van der Waals surface area contributed by atoms with Crippen LogP contribution in [0.1, 0.15) is 44.6 Å². The minimum absolute atomic E-state index is 0.0414. The molecule has 1 aromatic rings. The number of piperidine rings is 2. The highest BCUT2D eigenvalue weighted by Gasteiger charge is 2.30. The quantitative estimate of drug-likeness (QED) is 0.487. The standard InChI is InChI=1S/C26H37N3O7/c1-2-34-24(31)10-13-27-25(32)21-9-6-14-29(17-21)23(30)19-35-22-11-15-28(16-12-22)26(33)36-18-20-7-4-3-5-8-20/h3-5,7-8,21-22H,2,6,9-19H2,1H3,(H,27,32)/t21-/m1/s1. The summed E-state index contributed by atoms with van der Waals surface area (Å²) in [6.07, 6.45) is 2.41. The van der Waals surface area contributed by atoms with E-state index in [2.05, 4.69) is 5.32 Å². The summed E-state index contributed by atoms with van der Waals surface area (Å²) in [5.74, 6) is -0.923. The molecule has 3 rings (SSSR count). The number of rotatable bonds is 10. The van der Waals surface area contributed by atoms with Gasteiger partial charge in [-0.3, -0.25) is 14.4 Å². The zero-order chi connectivity index (χ0) is 25.8. The van der Waals surface area contributed by atoms with Crippen LogP contribution in [0.15, 0.2) is 30.3 Å². The van der Waals surface area contributed by atoms with Crippen LogP contribution >= 0.6 is 0 Å². The second kappa shape index (κ2) is 14.4. The van der Waals surface area contributed by atoms with Crippen LogP contribution in [-0.2, 0) is 35.2 Å². The van der Waals surface area contributed by atoms with E-state index in [1.807, 2.05) is 30.3 Å². The van der Waals surface area contributed by atoms with Crippen molar-refractivity contribution in [2.45, 2.75) is 51.7 Å². The van der Waals surface area contributed by atoms with Crippen molar-refractivity contribution in [2.75, 3.05) is 45.9 Å². The Labute approximate surface area is 212 Å². The van der Waals surface area contributed by atoms with Gasteiger partial charge in [0.05, 0.1) is 25.0 Å². The van der Waals surface area contributed by atoms with Gasteiger partial charge in [-0.15, -0.1) is 0 Å². The van der Waals surface area contributed by atoms with E-state index in [1.54, 1.807) is 16.7 Å². The molecule has 10 nitrogen and oxygen atoms in total. The number of esters is 1. The van der Waals surface area contributed by atoms with Crippen LogP contribution in [0.5, 0.6) is 0 Å². The van der Waals surface area contributed by atoms with Crippen molar-refractivity contribution < 1.29 is 33.4 Å². The molecule has 2 fully saturated rings. The van der Waals surface area contributed by atoms with Crippen molar-refractivity contribution in [3.63, 3.8) is 0 Å². The summed E-state index contributed by atoms with van der Waals surface area (Å²) in [7, 11) is 0. The summed E-state index contributed by atoms with van der Waals surface area (Å²) in [6, 6.07) is 9.54. The second-order valence-electron chi connectivity index (χ2n) is 9.06. The molecule has 1 atom stereocenters. The van der Waals surface area contributed by atoms with Gasteiger partial charge in [0, 0.05) is 32.7 Å². The van der Waals surface area contributed by atoms with Gasteiger partial charge >= 0.3 is 12.1 Å². The number of carbonyl (C=O) groups is 4. The molecule has 0 saturated carbocycles. The van der Waals surface area contributed by atoms with Gasteiger partial charge in [-0.05, 0) is 38.2 Å². The van der Waals surface area contributed by atoms with Crippen molar-refractivity contribution in [1.82, 2.24) is 15.1 Å². The average Bonchev–Trinajstić information content (AvgIpc) is 2.91. The topological polar surface area (TPSA) is 114 Å². The lowest BCUT2D eigenvalue weighted by molar-refractivity contribution is -0.143. The van der Waals surface area contributed by atoms with Crippen molar-refractivity contribution in [1.29, 1.82) is 0 Å². The van der Waals surface area contributed by atoms with Gasteiger partial charge in [0.15, 0.2) is 0 Å². The first-order chi connectivity index (χ1) is 17.5. The molecule has 0 spiro atoms. The highest BCUT2D eigenvalue weighted by atomic mass is 16.6. The Bertz CT molecular complexity index is 872. The van der Waals surface area contributed by atoms with Crippen molar-refractivity contribution in [3.8, 4) is 0 Å². The van der Waals surface area contributed by atoms with Crippen LogP contribution in [0.4, 0.5) is 4.79 Å². The maximum Gasteiger partial charge on any atom is 0.410 e. The second-order valence-corrected chi connectivity index (χ2v) is 9.06. The van der Waals surface area contributed by atoms with Crippen LogP contribution in [0.3, 0.4) is 0 Å². The molecule has 2 aliphatic heterocycles. The number of hydrogen-bond acceptors (Lipinski definition) is 7. The number of likely N-dealkylation sites (tertiary alicyclic amines) is 2. The fourth-order valence-corrected chi connectivity index (χ4v) is 4.38. The zero-order valence-electron chi connectivity index (χ0n) is 21.0. The first kappa shape index (κ1) is 27.4. The van der Waals surface area contributed by atoms with Crippen LogP contribution in [-0.4, -0.2) is 85.7 Å². The molecule has 10 heteroatoms. The number of nitrogens with one attached hydrogen (secondary N) is 1. The van der Waals surface area contributed by atoms with Crippen molar-refractivity contribution in [2.24, 2.45) is 5.92 Å². The molecule has 0 aromatic heterocycles. The predicted octanol–water partition coefficient (Wildman–Crippen LogP) is 2.11. The maximum atomic E-state index is 12.7. The molecule has 0 bridgehead atoms. The van der Waals surface area contributed by atoms with Gasteiger partial charge in [-0.2, -0.15) is 0 Å². The first-order valence-corrected chi connectivity index (χ1v) is 12.7. The van der Waals surface area contributed by atoms with Gasteiger partial charge < -0.3 is 29.3 Å². The van der Waals surface area contributed by atoms with E-state index in [1.165, 1.54) is 0 Å². The Hall–Kier alpha value is -3.14. The molecule has 0 aliphatic carbocycles. The molecule has 3 amide bonds. The Morgan fingerprint density at radius 1 is 0.972 bits per heavy atom. The predicted molar refractivity (Wildman–Crippen MR) is 131 cm³/mol. The summed E-state index contributed by atoms with van der Waals surface area (Å²) in [4.78, 5) is 52.2. The SMILES string of the molecule is CCOC(=O)CCNC(=O)[C@@H]1CCCN(C(=O)COC2CCN(C(=O)OCc3ccccc3)CC2)C1. The van der Waals surface area contributed by atoms with Crippen LogP contribution < -0.4 is 5.32 Å². The fraction of sp³-hybridized carbons (Fsp3) is 0.615. The summed E-state index contributed by atoms with van der Waals surface area (Å²) >= 11 is 0. The Balaban J connectivity index is 1.32. The maximum absolute atomic E-state index is 12.7. The highest BCUT2D eigenvalue weighted by Crippen LogP contribution is 2.19. The van der Waals surface area contributed by atoms with E-state index in [-0.39, 0.29) is 62.1 Å². The van der Waals surface area contributed by atoms with Crippen LogP contribution in [0.25, 0.3) is 0 Å². The zero-order valence-corrected chi connectivity index (χ0v) is 21.0. The number of amides is 3. The van der Waals surface area contributed by atoms with Crippen molar-refractivity contribution in [3.05, 3.63) is 35.9 Å². The molecule has 0 unspecified atom stereocenters. The van der Waals surface area contributed by atoms with Gasteiger partial charge in [0.2, 0.25) is 11.8 Å². The summed E-state index contributed by atoms with van der Waals surface area (Å²) in [5.41, 5.74) is 0.941. The highest BCUT2D eigenvalue weighted by molar-refractivity contribution is 5.82. The van der Waals surface area contributed by atoms with E-state index in [4.69, 9.17) is 14.2 Å². The number of hydrogen-bond donors (Lipinski definition) is 1. The molecular formula is C26H37N3O7. The largest absolute Gasteiger partial charge is 0.466 e. The minimum Gasteiger partial charge on any atom is -0.466 e. The monoisotopic (exact) mass is 503 g/mol. The molecule has 1 N–H and O–H groups in total. The summed E-state index contributed by atoms with van der Waals surface area (Å²) < 4.78 is 16.1. The van der Waals surface area contributed by atoms with Crippen LogP contribution in [0.2, 0.25) is 0 Å². The average molecular weight is 504 g/mol. The fourth-order valence-electron chi connectivity index (χ4n) is 4.38. The summed E-state index contributed by atoms with van der Waals surface area (Å²) in [5, 5.41) is 2.76. The molecule has 2 aliphatic rings. The lowest BCUT2D eigenvalue weighted by Crippen LogP contribution is -2.47. The molecule has 198 valence electrons. The van der Waals surface area contributed by atoms with Gasteiger partial charge in [0.25, 0.3) is 0 Å². The number of carbonyl (C=O) groups excluding carboxylic acids is 4. The molecule has 0 radical (unpaired) electrons. The van der Waals surface area contributed by atoms with Gasteiger partial charge in [-0.25, -0.2) is 4.79 Å². The van der Waals surface area contributed by atoms with E-state index in [0.29, 0.717) is 52.0 Å². The normalized spacial score (nSPS) is 18.4. The third kappa shape index (κ3) is 8.82.